The molecule has 45 heavy (non-hydrogen) atoms. The van der Waals surface area contributed by atoms with Crippen molar-refractivity contribution >= 4 is 11.9 Å². The number of aliphatic hydroxyl groups excluding tert-OH is 2. The topological polar surface area (TPSA) is 93.1 Å². The van der Waals surface area contributed by atoms with Crippen molar-refractivity contribution in [3.05, 3.63) is 60.8 Å². The van der Waals surface area contributed by atoms with E-state index >= 15 is 0 Å². The lowest BCUT2D eigenvalue weighted by Crippen LogP contribution is -2.28. The normalized spacial score (nSPS) is 13.6. The molecule has 0 aromatic heterocycles. The van der Waals surface area contributed by atoms with Crippen LogP contribution < -0.4 is 0 Å². The van der Waals surface area contributed by atoms with E-state index in [9.17, 15) is 19.8 Å². The summed E-state index contributed by atoms with van der Waals surface area (Å²) >= 11 is 0. The Morgan fingerprint density at radius 1 is 0.622 bits per heavy atom. The van der Waals surface area contributed by atoms with E-state index in [0.717, 1.165) is 51.4 Å². The second-order valence-corrected chi connectivity index (χ2v) is 11.8. The molecule has 0 aromatic rings. The number of hydrogen-bond acceptors (Lipinski definition) is 6. The number of ether oxygens (including phenoxy) is 2. The van der Waals surface area contributed by atoms with E-state index in [1.54, 1.807) is 6.08 Å². The van der Waals surface area contributed by atoms with Gasteiger partial charge in [-0.3, -0.25) is 9.59 Å². The monoisotopic (exact) mass is 630 g/mol. The third-order valence-electron chi connectivity index (χ3n) is 7.48. The SMILES string of the molecule is CCCCCCCCCCCCCCCC(=O)OC[C@H](CO)OC(=O)CCC/C=C\C/C=C\C/C=C\C/C=C\C=C\[C@H](O)CC. The van der Waals surface area contributed by atoms with Gasteiger partial charge in [-0.05, 0) is 44.9 Å². The standard InChI is InChI=1S/C39H66O6/c1-3-5-6-7-8-9-10-13-17-20-23-26-29-32-38(42)44-35-37(34-40)45-39(43)33-30-27-24-21-18-15-12-11-14-16-19-22-25-28-31-36(41)4-2/h12,14-16,21-22,24-25,28,31,36-37,40-41H,3-11,13,17-20,23,26-27,29-30,32-35H2,1-2H3/b15-12-,16-14-,24-21-,25-22-,31-28+/t36-,37+/m1/s1. The van der Waals surface area contributed by atoms with Crippen LogP contribution in [0.5, 0.6) is 0 Å². The molecule has 0 aromatic carbocycles. The van der Waals surface area contributed by atoms with Crippen molar-refractivity contribution < 1.29 is 29.3 Å². The fourth-order valence-corrected chi connectivity index (χ4v) is 4.60. The molecule has 6 nitrogen and oxygen atoms in total. The Hall–Kier alpha value is -2.44. The van der Waals surface area contributed by atoms with E-state index in [-0.39, 0.29) is 37.7 Å². The van der Waals surface area contributed by atoms with Gasteiger partial charge in [0, 0.05) is 12.8 Å². The van der Waals surface area contributed by atoms with Gasteiger partial charge < -0.3 is 19.7 Å². The van der Waals surface area contributed by atoms with Crippen molar-refractivity contribution in [1.82, 2.24) is 0 Å². The van der Waals surface area contributed by atoms with E-state index in [1.165, 1.54) is 64.2 Å². The lowest BCUT2D eigenvalue weighted by molar-refractivity contribution is -0.161. The van der Waals surface area contributed by atoms with Crippen LogP contribution in [0.15, 0.2) is 60.8 Å². The van der Waals surface area contributed by atoms with Crippen LogP contribution in [0.3, 0.4) is 0 Å². The first-order chi connectivity index (χ1) is 22.0. The van der Waals surface area contributed by atoms with Gasteiger partial charge in [-0.1, -0.05) is 152 Å². The highest BCUT2D eigenvalue weighted by Gasteiger charge is 2.15. The van der Waals surface area contributed by atoms with Gasteiger partial charge in [-0.15, -0.1) is 0 Å². The van der Waals surface area contributed by atoms with E-state index in [1.807, 2.05) is 19.1 Å². The van der Waals surface area contributed by atoms with Crippen molar-refractivity contribution in [3.63, 3.8) is 0 Å². The van der Waals surface area contributed by atoms with Gasteiger partial charge in [0.1, 0.15) is 6.61 Å². The van der Waals surface area contributed by atoms with Crippen LogP contribution in [-0.2, 0) is 19.1 Å². The molecule has 0 aliphatic rings. The van der Waals surface area contributed by atoms with Gasteiger partial charge in [0.05, 0.1) is 12.7 Å². The molecule has 0 fully saturated rings. The van der Waals surface area contributed by atoms with Crippen LogP contribution in [0.2, 0.25) is 0 Å². The number of aliphatic hydroxyl groups is 2. The van der Waals surface area contributed by atoms with Crippen molar-refractivity contribution in [2.75, 3.05) is 13.2 Å². The minimum Gasteiger partial charge on any atom is -0.462 e. The molecule has 0 unspecified atom stereocenters. The summed E-state index contributed by atoms with van der Waals surface area (Å²) in [7, 11) is 0. The molecule has 2 atom stereocenters. The van der Waals surface area contributed by atoms with Gasteiger partial charge >= 0.3 is 11.9 Å². The highest BCUT2D eigenvalue weighted by atomic mass is 16.6. The Kier molecular flexibility index (Phi) is 32.6. The van der Waals surface area contributed by atoms with E-state index in [2.05, 4.69) is 49.5 Å². The summed E-state index contributed by atoms with van der Waals surface area (Å²) in [6.45, 7) is 3.74. The molecule has 0 spiro atoms. The molecule has 0 bridgehead atoms. The average Bonchev–Trinajstić information content (AvgIpc) is 3.04. The molecule has 0 amide bonds. The largest absolute Gasteiger partial charge is 0.462 e. The molecule has 0 heterocycles. The second kappa shape index (κ2) is 34.4. The smallest absolute Gasteiger partial charge is 0.306 e. The van der Waals surface area contributed by atoms with Crippen LogP contribution in [0.1, 0.15) is 149 Å². The van der Waals surface area contributed by atoms with Crippen LogP contribution in [0, 0.1) is 0 Å². The first-order valence-electron chi connectivity index (χ1n) is 18.0. The molecule has 2 N–H and O–H groups in total. The lowest BCUT2D eigenvalue weighted by Gasteiger charge is -2.15. The fourth-order valence-electron chi connectivity index (χ4n) is 4.60. The Morgan fingerprint density at radius 3 is 1.69 bits per heavy atom. The molecular formula is C39H66O6. The zero-order chi connectivity index (χ0) is 33.1. The maximum atomic E-state index is 12.1. The number of carbonyl (C=O) groups is 2. The van der Waals surface area contributed by atoms with Crippen molar-refractivity contribution in [1.29, 1.82) is 0 Å². The quantitative estimate of drug-likeness (QED) is 0.0343. The van der Waals surface area contributed by atoms with E-state index < -0.39 is 6.10 Å². The number of unbranched alkanes of at least 4 members (excludes halogenated alkanes) is 13. The second-order valence-electron chi connectivity index (χ2n) is 11.8. The number of esters is 2. The predicted molar refractivity (Wildman–Crippen MR) is 188 cm³/mol. The van der Waals surface area contributed by atoms with Gasteiger partial charge in [-0.25, -0.2) is 0 Å². The lowest BCUT2D eigenvalue weighted by atomic mass is 10.0. The number of carbonyl (C=O) groups excluding carboxylic acids is 2. The first kappa shape index (κ1) is 42.6. The molecule has 6 heteroatoms. The minimum atomic E-state index is -0.810. The van der Waals surface area contributed by atoms with Gasteiger partial charge in [0.25, 0.3) is 0 Å². The molecule has 0 saturated carbocycles. The number of rotatable bonds is 31. The summed E-state index contributed by atoms with van der Waals surface area (Å²) in [4.78, 5) is 24.1. The summed E-state index contributed by atoms with van der Waals surface area (Å²) in [6, 6.07) is 0. The van der Waals surface area contributed by atoms with Gasteiger partial charge in [-0.2, -0.15) is 0 Å². The summed E-state index contributed by atoms with van der Waals surface area (Å²) in [6.07, 6.45) is 40.8. The molecule has 0 rings (SSSR count). The Bertz CT molecular complexity index is 825. The highest BCUT2D eigenvalue weighted by molar-refractivity contribution is 5.70. The molecule has 258 valence electrons. The summed E-state index contributed by atoms with van der Waals surface area (Å²) in [5.41, 5.74) is 0. The third-order valence-corrected chi connectivity index (χ3v) is 7.48. The minimum absolute atomic E-state index is 0.0982. The number of allylic oxidation sites excluding steroid dienone is 9. The zero-order valence-electron chi connectivity index (χ0n) is 28.7. The molecule has 0 aliphatic heterocycles. The van der Waals surface area contributed by atoms with Crippen LogP contribution in [0.25, 0.3) is 0 Å². The molecule has 0 aliphatic carbocycles. The van der Waals surface area contributed by atoms with Crippen molar-refractivity contribution in [2.45, 2.75) is 161 Å². The first-order valence-corrected chi connectivity index (χ1v) is 18.0. The summed E-state index contributed by atoms with van der Waals surface area (Å²) in [5.74, 6) is -0.681. The van der Waals surface area contributed by atoms with Crippen LogP contribution in [-0.4, -0.2) is 47.6 Å². The number of hydrogen-bond donors (Lipinski definition) is 2. The molecular weight excluding hydrogens is 564 g/mol. The van der Waals surface area contributed by atoms with Gasteiger partial charge in [0.2, 0.25) is 0 Å². The molecule has 0 saturated heterocycles. The predicted octanol–water partition coefficient (Wildman–Crippen LogP) is 9.81. The van der Waals surface area contributed by atoms with E-state index in [0.29, 0.717) is 12.8 Å². The Balaban J connectivity index is 3.73. The van der Waals surface area contributed by atoms with Crippen LogP contribution >= 0.6 is 0 Å². The Labute approximate surface area is 275 Å². The van der Waals surface area contributed by atoms with Gasteiger partial charge in [0.15, 0.2) is 6.10 Å². The maximum absolute atomic E-state index is 12.1. The fraction of sp³-hybridized carbons (Fsp3) is 0.692. The van der Waals surface area contributed by atoms with Crippen molar-refractivity contribution in [3.8, 4) is 0 Å². The van der Waals surface area contributed by atoms with Crippen LogP contribution in [0.4, 0.5) is 0 Å². The highest BCUT2D eigenvalue weighted by Crippen LogP contribution is 2.13. The summed E-state index contributed by atoms with van der Waals surface area (Å²) in [5, 5.41) is 18.9. The zero-order valence-corrected chi connectivity index (χ0v) is 28.7. The van der Waals surface area contributed by atoms with Crippen molar-refractivity contribution in [2.24, 2.45) is 0 Å². The third kappa shape index (κ3) is 32.8. The average molecular weight is 631 g/mol. The molecule has 0 radical (unpaired) electrons. The summed E-state index contributed by atoms with van der Waals surface area (Å²) < 4.78 is 10.5. The Morgan fingerprint density at radius 2 is 1.13 bits per heavy atom. The van der Waals surface area contributed by atoms with E-state index in [4.69, 9.17) is 9.47 Å². The maximum Gasteiger partial charge on any atom is 0.306 e.